The van der Waals surface area contributed by atoms with E-state index in [1.165, 1.54) is 11.0 Å². The fraction of sp³-hybridized carbons (Fsp3) is 0.571. The number of hydrogen-bond acceptors (Lipinski definition) is 4. The van der Waals surface area contributed by atoms with E-state index in [-0.39, 0.29) is 19.1 Å². The molecule has 2 rings (SSSR count). The molecule has 7 nitrogen and oxygen atoms in total. The maximum atomic E-state index is 13.7. The summed E-state index contributed by atoms with van der Waals surface area (Å²) in [6.45, 7) is 5.85. The normalized spacial score (nSPS) is 21.2. The maximum Gasteiger partial charge on any atom is 0.321 e. The van der Waals surface area contributed by atoms with E-state index in [0.29, 0.717) is 18.4 Å². The fourth-order valence-corrected chi connectivity index (χ4v) is 3.64. The van der Waals surface area contributed by atoms with Crippen LogP contribution in [0.15, 0.2) is 18.2 Å². The summed E-state index contributed by atoms with van der Waals surface area (Å²) in [6.07, 6.45) is 3.04. The van der Waals surface area contributed by atoms with Crippen LogP contribution in [0.1, 0.15) is 40.0 Å². The standard InChI is InChI=1S/C21H30F2N4O3/c1-4-27(11-18(28)25-20-15(22)8-6-9-16(20)23)12-19(29)26-21(30)24-17-10-5-7-13(2)14(17)3/h6,8-9,13-14,17H,4-5,7,10-12H2,1-3H3,(H,25,28)(H2,24,26,29,30). The lowest BCUT2D eigenvalue weighted by Crippen LogP contribution is -2.51. The van der Waals surface area contributed by atoms with Gasteiger partial charge in [-0.2, -0.15) is 0 Å². The number of likely N-dealkylation sites (N-methyl/N-ethyl adjacent to an activating group) is 1. The highest BCUT2D eigenvalue weighted by Gasteiger charge is 2.28. The zero-order chi connectivity index (χ0) is 22.3. The molecule has 1 saturated carbocycles. The van der Waals surface area contributed by atoms with Crippen molar-refractivity contribution in [3.63, 3.8) is 0 Å². The second-order valence-corrected chi connectivity index (χ2v) is 7.84. The van der Waals surface area contributed by atoms with Crippen LogP contribution >= 0.6 is 0 Å². The lowest BCUT2D eigenvalue weighted by Gasteiger charge is -2.34. The molecule has 1 aliphatic rings. The Balaban J connectivity index is 1.82. The number of hydrogen-bond donors (Lipinski definition) is 3. The molecule has 0 bridgehead atoms. The Labute approximate surface area is 175 Å². The number of anilines is 1. The van der Waals surface area contributed by atoms with Gasteiger partial charge in [0.25, 0.3) is 0 Å². The number of amides is 4. The molecule has 166 valence electrons. The average molecular weight is 424 g/mol. The largest absolute Gasteiger partial charge is 0.335 e. The Morgan fingerprint density at radius 3 is 2.33 bits per heavy atom. The molecule has 30 heavy (non-hydrogen) atoms. The van der Waals surface area contributed by atoms with Crippen molar-refractivity contribution in [2.75, 3.05) is 25.0 Å². The molecule has 3 N–H and O–H groups in total. The highest BCUT2D eigenvalue weighted by atomic mass is 19.1. The van der Waals surface area contributed by atoms with Crippen LogP contribution in [-0.4, -0.2) is 48.4 Å². The average Bonchev–Trinajstić information content (AvgIpc) is 2.67. The van der Waals surface area contributed by atoms with Crippen LogP contribution < -0.4 is 16.0 Å². The van der Waals surface area contributed by atoms with E-state index in [9.17, 15) is 23.2 Å². The number of rotatable bonds is 7. The van der Waals surface area contributed by atoms with Crippen LogP contribution in [-0.2, 0) is 9.59 Å². The highest BCUT2D eigenvalue weighted by Crippen LogP contribution is 2.29. The van der Waals surface area contributed by atoms with Gasteiger partial charge in [0.1, 0.15) is 17.3 Å². The molecule has 1 fully saturated rings. The first-order chi connectivity index (χ1) is 14.2. The van der Waals surface area contributed by atoms with Gasteiger partial charge in [-0.25, -0.2) is 13.6 Å². The molecular formula is C21H30F2N4O3. The molecule has 0 heterocycles. The molecule has 0 aliphatic heterocycles. The first kappa shape index (κ1) is 23.7. The van der Waals surface area contributed by atoms with Crippen molar-refractivity contribution in [1.29, 1.82) is 0 Å². The molecule has 0 spiro atoms. The van der Waals surface area contributed by atoms with Gasteiger partial charge in [-0.1, -0.05) is 39.7 Å². The summed E-state index contributed by atoms with van der Waals surface area (Å²) < 4.78 is 27.3. The van der Waals surface area contributed by atoms with Gasteiger partial charge in [-0.05, 0) is 36.9 Å². The van der Waals surface area contributed by atoms with Crippen LogP contribution in [0.4, 0.5) is 19.3 Å². The van der Waals surface area contributed by atoms with Crippen molar-refractivity contribution in [3.8, 4) is 0 Å². The summed E-state index contributed by atoms with van der Waals surface area (Å²) in [5.41, 5.74) is -0.529. The van der Waals surface area contributed by atoms with E-state index in [2.05, 4.69) is 29.8 Å². The van der Waals surface area contributed by atoms with E-state index in [1.54, 1.807) is 6.92 Å². The predicted octanol–water partition coefficient (Wildman–Crippen LogP) is 2.88. The van der Waals surface area contributed by atoms with Crippen LogP contribution in [0, 0.1) is 23.5 Å². The quantitative estimate of drug-likeness (QED) is 0.628. The molecule has 9 heteroatoms. The van der Waals surface area contributed by atoms with Crippen LogP contribution in [0.5, 0.6) is 0 Å². The van der Waals surface area contributed by atoms with Crippen molar-refractivity contribution in [3.05, 3.63) is 29.8 Å². The van der Waals surface area contributed by atoms with Gasteiger partial charge in [0.2, 0.25) is 11.8 Å². The summed E-state index contributed by atoms with van der Waals surface area (Å²) in [4.78, 5) is 37.9. The molecule has 0 aromatic heterocycles. The molecule has 4 amide bonds. The predicted molar refractivity (Wildman–Crippen MR) is 110 cm³/mol. The van der Waals surface area contributed by atoms with E-state index in [0.717, 1.165) is 31.4 Å². The SMILES string of the molecule is CCN(CC(=O)NC(=O)NC1CCCC(C)C1C)CC(=O)Nc1c(F)cccc1F. The van der Waals surface area contributed by atoms with E-state index in [1.807, 2.05) is 0 Å². The molecule has 1 aromatic carbocycles. The van der Waals surface area contributed by atoms with Crippen LogP contribution in [0.3, 0.4) is 0 Å². The summed E-state index contributed by atoms with van der Waals surface area (Å²) in [7, 11) is 0. The van der Waals surface area contributed by atoms with Crippen molar-refractivity contribution >= 4 is 23.5 Å². The van der Waals surface area contributed by atoms with Crippen molar-refractivity contribution < 1.29 is 23.2 Å². The Hall–Kier alpha value is -2.55. The Kier molecular flexibility index (Phi) is 8.71. The Morgan fingerprint density at radius 1 is 1.07 bits per heavy atom. The highest BCUT2D eigenvalue weighted by molar-refractivity contribution is 5.96. The second kappa shape index (κ2) is 11.0. The van der Waals surface area contributed by atoms with Crippen LogP contribution in [0.25, 0.3) is 0 Å². The molecule has 0 radical (unpaired) electrons. The number of nitrogens with one attached hydrogen (secondary N) is 3. The van der Waals surface area contributed by atoms with Crippen molar-refractivity contribution in [2.24, 2.45) is 11.8 Å². The third-order valence-electron chi connectivity index (χ3n) is 5.69. The Morgan fingerprint density at radius 2 is 1.70 bits per heavy atom. The number of benzene rings is 1. The van der Waals surface area contributed by atoms with E-state index < -0.39 is 35.2 Å². The van der Waals surface area contributed by atoms with Gasteiger partial charge in [0, 0.05) is 6.04 Å². The number of para-hydroxylation sites is 1. The molecular weight excluding hydrogens is 394 g/mol. The fourth-order valence-electron chi connectivity index (χ4n) is 3.64. The van der Waals surface area contributed by atoms with Gasteiger partial charge in [-0.3, -0.25) is 19.8 Å². The minimum Gasteiger partial charge on any atom is -0.335 e. The van der Waals surface area contributed by atoms with Crippen molar-refractivity contribution in [2.45, 2.75) is 46.1 Å². The number of carbonyl (C=O) groups is 3. The smallest absolute Gasteiger partial charge is 0.321 e. The molecule has 1 aromatic rings. The van der Waals surface area contributed by atoms with Gasteiger partial charge >= 0.3 is 6.03 Å². The minimum atomic E-state index is -0.882. The first-order valence-electron chi connectivity index (χ1n) is 10.3. The van der Waals surface area contributed by atoms with Crippen LogP contribution in [0.2, 0.25) is 0 Å². The monoisotopic (exact) mass is 424 g/mol. The summed E-state index contributed by atoms with van der Waals surface area (Å²) in [5.74, 6) is -2.15. The topological polar surface area (TPSA) is 90.5 Å². The van der Waals surface area contributed by atoms with Gasteiger partial charge < -0.3 is 10.6 Å². The molecule has 3 atom stereocenters. The number of halogens is 2. The lowest BCUT2D eigenvalue weighted by molar-refractivity contribution is -0.122. The zero-order valence-electron chi connectivity index (χ0n) is 17.6. The maximum absolute atomic E-state index is 13.7. The lowest BCUT2D eigenvalue weighted by atomic mass is 9.78. The van der Waals surface area contributed by atoms with E-state index in [4.69, 9.17) is 0 Å². The Bertz CT molecular complexity index is 754. The first-order valence-corrected chi connectivity index (χ1v) is 10.3. The van der Waals surface area contributed by atoms with Gasteiger partial charge in [0.05, 0.1) is 13.1 Å². The van der Waals surface area contributed by atoms with Gasteiger partial charge in [-0.15, -0.1) is 0 Å². The van der Waals surface area contributed by atoms with E-state index >= 15 is 0 Å². The van der Waals surface area contributed by atoms with Gasteiger partial charge in [0.15, 0.2) is 0 Å². The van der Waals surface area contributed by atoms with Crippen molar-refractivity contribution in [1.82, 2.24) is 15.5 Å². The zero-order valence-corrected chi connectivity index (χ0v) is 17.6. The molecule has 1 aliphatic carbocycles. The number of carbonyl (C=O) groups excluding carboxylic acids is 3. The summed E-state index contributed by atoms with van der Waals surface area (Å²) in [6, 6.07) is 2.74. The third-order valence-corrected chi connectivity index (χ3v) is 5.69. The number of urea groups is 1. The number of nitrogens with zero attached hydrogens (tertiary/aromatic N) is 1. The third kappa shape index (κ3) is 6.76. The minimum absolute atomic E-state index is 0.0188. The molecule has 3 unspecified atom stereocenters. The summed E-state index contributed by atoms with van der Waals surface area (Å²) in [5, 5.41) is 7.32. The number of imide groups is 1. The second-order valence-electron chi connectivity index (χ2n) is 7.84. The molecule has 0 saturated heterocycles. The summed E-state index contributed by atoms with van der Waals surface area (Å²) >= 11 is 0.